The lowest BCUT2D eigenvalue weighted by Crippen LogP contribution is -2.52. The van der Waals surface area contributed by atoms with Crippen LogP contribution in [0.5, 0.6) is 0 Å². The van der Waals surface area contributed by atoms with Crippen LogP contribution in [0, 0.1) is 5.41 Å². The van der Waals surface area contributed by atoms with Crippen molar-refractivity contribution in [3.63, 3.8) is 0 Å². The topological polar surface area (TPSA) is 49.4 Å². The van der Waals surface area contributed by atoms with E-state index in [4.69, 9.17) is 23.2 Å². The van der Waals surface area contributed by atoms with Gasteiger partial charge in [0.25, 0.3) is 0 Å². The van der Waals surface area contributed by atoms with E-state index in [1.165, 1.54) is 0 Å². The second-order valence-electron chi connectivity index (χ2n) is 6.76. The van der Waals surface area contributed by atoms with E-state index in [0.29, 0.717) is 15.7 Å². The van der Waals surface area contributed by atoms with Crippen molar-refractivity contribution < 1.29 is 9.59 Å². The third-order valence-electron chi connectivity index (χ3n) is 4.64. The van der Waals surface area contributed by atoms with Gasteiger partial charge in [-0.25, -0.2) is 0 Å². The number of rotatable bonds is 4. The molecule has 1 saturated heterocycles. The van der Waals surface area contributed by atoms with Crippen molar-refractivity contribution in [1.82, 2.24) is 4.90 Å². The van der Waals surface area contributed by atoms with Gasteiger partial charge in [-0.1, -0.05) is 30.1 Å². The van der Waals surface area contributed by atoms with E-state index < -0.39 is 5.41 Å². The van der Waals surface area contributed by atoms with Crippen LogP contribution in [-0.4, -0.2) is 29.3 Å². The van der Waals surface area contributed by atoms with Gasteiger partial charge in [-0.3, -0.25) is 9.59 Å². The average Bonchev–Trinajstić information content (AvgIpc) is 2.57. The Morgan fingerprint density at radius 3 is 2.58 bits per heavy atom. The second-order valence-corrected chi connectivity index (χ2v) is 7.58. The molecule has 1 unspecified atom stereocenters. The smallest absolute Gasteiger partial charge is 0.239 e. The van der Waals surface area contributed by atoms with Crippen LogP contribution in [0.15, 0.2) is 18.2 Å². The molecule has 1 aromatic carbocycles. The summed E-state index contributed by atoms with van der Waals surface area (Å²) < 4.78 is 0. The van der Waals surface area contributed by atoms with Crippen LogP contribution < -0.4 is 5.32 Å². The Labute approximate surface area is 153 Å². The number of hydrogen-bond donors (Lipinski definition) is 1. The molecule has 0 bridgehead atoms. The molecule has 1 aliphatic heterocycles. The van der Waals surface area contributed by atoms with Gasteiger partial charge in [-0.05, 0) is 57.7 Å². The van der Waals surface area contributed by atoms with E-state index in [2.05, 4.69) is 12.2 Å². The first-order chi connectivity index (χ1) is 11.3. The number of halogens is 2. The van der Waals surface area contributed by atoms with Gasteiger partial charge in [-0.15, -0.1) is 0 Å². The maximum Gasteiger partial charge on any atom is 0.239 e. The van der Waals surface area contributed by atoms with Crippen LogP contribution in [-0.2, 0) is 9.59 Å². The Morgan fingerprint density at radius 2 is 1.96 bits per heavy atom. The largest absolute Gasteiger partial charge is 0.339 e. The minimum atomic E-state index is -1.14. The first-order valence-electron chi connectivity index (χ1n) is 8.35. The molecule has 4 nitrogen and oxygen atoms in total. The number of benzene rings is 1. The van der Waals surface area contributed by atoms with Gasteiger partial charge in [0.1, 0.15) is 5.41 Å². The summed E-state index contributed by atoms with van der Waals surface area (Å²) in [5, 5.41) is 3.56. The number of hydrogen-bond acceptors (Lipinski definition) is 2. The summed E-state index contributed by atoms with van der Waals surface area (Å²) in [6.07, 6.45) is 4.05. The summed E-state index contributed by atoms with van der Waals surface area (Å²) in [5.74, 6) is -0.460. The Kier molecular flexibility index (Phi) is 6.16. The third-order valence-corrected chi connectivity index (χ3v) is 5.38. The van der Waals surface area contributed by atoms with Crippen molar-refractivity contribution in [2.75, 3.05) is 11.9 Å². The Morgan fingerprint density at radius 1 is 1.25 bits per heavy atom. The molecule has 0 spiro atoms. The fraction of sp³-hybridized carbons (Fsp3) is 0.556. The minimum absolute atomic E-state index is 0.119. The molecule has 0 radical (unpaired) electrons. The monoisotopic (exact) mass is 370 g/mol. The molecule has 24 heavy (non-hydrogen) atoms. The molecule has 0 aliphatic carbocycles. The number of anilines is 1. The normalized spacial score (nSPS) is 18.4. The summed E-state index contributed by atoms with van der Waals surface area (Å²) in [6, 6.07) is 5.09. The minimum Gasteiger partial charge on any atom is -0.339 e. The number of piperidine rings is 1. The third kappa shape index (κ3) is 4.04. The standard InChI is InChI=1S/C18H24Cl2N2O2/c1-4-13-7-5-6-10-22(13)17(24)18(2,3)16(23)21-12-8-9-14(19)15(20)11-12/h8-9,11,13H,4-7,10H2,1-3H3,(H,21,23). The van der Waals surface area contributed by atoms with Gasteiger partial charge < -0.3 is 10.2 Å². The predicted molar refractivity (Wildman–Crippen MR) is 98.5 cm³/mol. The maximum atomic E-state index is 13.0. The highest BCUT2D eigenvalue weighted by atomic mass is 35.5. The zero-order valence-electron chi connectivity index (χ0n) is 14.4. The maximum absolute atomic E-state index is 13.0. The van der Waals surface area contributed by atoms with Crippen LogP contribution in [0.4, 0.5) is 5.69 Å². The number of likely N-dealkylation sites (tertiary alicyclic amines) is 1. The highest BCUT2D eigenvalue weighted by molar-refractivity contribution is 6.42. The molecule has 2 amide bonds. The molecule has 2 rings (SSSR count). The van der Waals surface area contributed by atoms with E-state index in [9.17, 15) is 9.59 Å². The fourth-order valence-corrected chi connectivity index (χ4v) is 3.31. The van der Waals surface area contributed by atoms with Crippen molar-refractivity contribution in [3.05, 3.63) is 28.2 Å². The van der Waals surface area contributed by atoms with Crippen molar-refractivity contribution in [3.8, 4) is 0 Å². The number of nitrogens with zero attached hydrogens (tertiary/aromatic N) is 1. The van der Waals surface area contributed by atoms with Crippen molar-refractivity contribution in [2.45, 2.75) is 52.5 Å². The zero-order chi connectivity index (χ0) is 17.9. The van der Waals surface area contributed by atoms with E-state index in [1.54, 1.807) is 32.0 Å². The predicted octanol–water partition coefficient (Wildman–Crippen LogP) is 4.75. The van der Waals surface area contributed by atoms with E-state index >= 15 is 0 Å². The molecule has 1 fully saturated rings. The summed E-state index contributed by atoms with van der Waals surface area (Å²) in [4.78, 5) is 27.5. The highest BCUT2D eigenvalue weighted by Gasteiger charge is 2.41. The number of nitrogens with one attached hydrogen (secondary N) is 1. The summed E-state index contributed by atoms with van der Waals surface area (Å²) in [7, 11) is 0. The van der Waals surface area contributed by atoms with Gasteiger partial charge in [0.05, 0.1) is 10.0 Å². The van der Waals surface area contributed by atoms with Crippen LogP contribution in [0.3, 0.4) is 0 Å². The lowest BCUT2D eigenvalue weighted by Gasteiger charge is -2.39. The molecular formula is C18H24Cl2N2O2. The molecule has 0 aromatic heterocycles. The molecule has 6 heteroatoms. The molecule has 132 valence electrons. The first-order valence-corrected chi connectivity index (χ1v) is 9.10. The number of carbonyl (C=O) groups excluding carboxylic acids is 2. The lowest BCUT2D eigenvalue weighted by atomic mass is 9.87. The summed E-state index contributed by atoms with van der Waals surface area (Å²) >= 11 is 11.9. The van der Waals surface area contributed by atoms with Crippen molar-refractivity contribution in [2.24, 2.45) is 5.41 Å². The Bertz CT molecular complexity index is 631. The number of amides is 2. The quantitative estimate of drug-likeness (QED) is 0.777. The SMILES string of the molecule is CCC1CCCCN1C(=O)C(C)(C)C(=O)Nc1ccc(Cl)c(Cl)c1. The molecule has 1 atom stereocenters. The van der Waals surface area contributed by atoms with Crippen LogP contribution in [0.1, 0.15) is 46.5 Å². The van der Waals surface area contributed by atoms with Crippen LogP contribution >= 0.6 is 23.2 Å². The van der Waals surface area contributed by atoms with Crippen LogP contribution in [0.25, 0.3) is 0 Å². The average molecular weight is 371 g/mol. The molecule has 1 heterocycles. The van der Waals surface area contributed by atoms with Gasteiger partial charge in [0.15, 0.2) is 0 Å². The number of carbonyl (C=O) groups is 2. The van der Waals surface area contributed by atoms with Gasteiger partial charge >= 0.3 is 0 Å². The Balaban J connectivity index is 2.13. The van der Waals surface area contributed by atoms with E-state index in [0.717, 1.165) is 32.2 Å². The molecule has 1 N–H and O–H groups in total. The fourth-order valence-electron chi connectivity index (χ4n) is 3.01. The molecule has 0 saturated carbocycles. The van der Waals surface area contributed by atoms with E-state index in [-0.39, 0.29) is 17.9 Å². The molecule has 1 aromatic rings. The summed E-state index contributed by atoms with van der Waals surface area (Å²) in [5.41, 5.74) is -0.613. The highest BCUT2D eigenvalue weighted by Crippen LogP contribution is 2.29. The Hall–Kier alpha value is -1.26. The summed E-state index contributed by atoms with van der Waals surface area (Å²) in [6.45, 7) is 6.15. The first kappa shape index (κ1) is 19.1. The van der Waals surface area contributed by atoms with Gasteiger partial charge in [0, 0.05) is 18.3 Å². The van der Waals surface area contributed by atoms with Crippen molar-refractivity contribution in [1.29, 1.82) is 0 Å². The van der Waals surface area contributed by atoms with Gasteiger partial charge in [0.2, 0.25) is 11.8 Å². The zero-order valence-corrected chi connectivity index (χ0v) is 15.9. The lowest BCUT2D eigenvalue weighted by molar-refractivity contribution is -0.149. The van der Waals surface area contributed by atoms with E-state index in [1.807, 2.05) is 4.90 Å². The van der Waals surface area contributed by atoms with Crippen molar-refractivity contribution >= 4 is 40.7 Å². The molecule has 1 aliphatic rings. The molecular weight excluding hydrogens is 347 g/mol. The second kappa shape index (κ2) is 7.75. The van der Waals surface area contributed by atoms with Crippen LogP contribution in [0.2, 0.25) is 10.0 Å². The van der Waals surface area contributed by atoms with Gasteiger partial charge in [-0.2, -0.15) is 0 Å².